The third-order valence-electron chi connectivity index (χ3n) is 9.72. The molecule has 0 spiro atoms. The molecule has 0 radical (unpaired) electrons. The molecule has 0 aliphatic rings. The van der Waals surface area contributed by atoms with Crippen molar-refractivity contribution in [2.75, 3.05) is 0 Å². The topological polar surface area (TPSA) is 51.8 Å². The van der Waals surface area contributed by atoms with Crippen LogP contribution in [0.2, 0.25) is 0 Å². The normalized spacial score (nSPS) is 11.5. The van der Waals surface area contributed by atoms with E-state index < -0.39 is 0 Å². The zero-order valence-electron chi connectivity index (χ0n) is 27.5. The zero-order valence-corrected chi connectivity index (χ0v) is 27.5. The van der Waals surface area contributed by atoms with Gasteiger partial charge in [-0.15, -0.1) is 0 Å². The van der Waals surface area contributed by atoms with Crippen LogP contribution in [0.4, 0.5) is 0 Å². The summed E-state index contributed by atoms with van der Waals surface area (Å²) in [6, 6.07) is 61.2. The molecule has 0 unspecified atom stereocenters. The van der Waals surface area contributed by atoms with Gasteiger partial charge in [0.1, 0.15) is 11.2 Å². The SMILES string of the molecule is c1ccc(-c2nc(-c3ccc4ccccc4c3)nc(-c3ccc4oc5cccc(-c6ccc(-c7cccc8ccccc78)cc6)c5c4c3)n2)cc1. The second-order valence-corrected chi connectivity index (χ2v) is 12.8. The van der Waals surface area contributed by atoms with E-state index in [1.807, 2.05) is 48.5 Å². The van der Waals surface area contributed by atoms with Crippen LogP contribution < -0.4 is 0 Å². The molecule has 2 heterocycles. The Morgan fingerprint density at radius 1 is 0.314 bits per heavy atom. The molecular formula is C47H29N3O. The summed E-state index contributed by atoms with van der Waals surface area (Å²) in [5.74, 6) is 1.88. The molecule has 0 saturated heterocycles. The molecule has 51 heavy (non-hydrogen) atoms. The first-order chi connectivity index (χ1) is 25.2. The Balaban J connectivity index is 1.11. The van der Waals surface area contributed by atoms with Gasteiger partial charge in [0.25, 0.3) is 0 Å². The highest BCUT2D eigenvalue weighted by Crippen LogP contribution is 2.39. The summed E-state index contributed by atoms with van der Waals surface area (Å²) >= 11 is 0. The molecule has 0 aliphatic heterocycles. The summed E-state index contributed by atoms with van der Waals surface area (Å²) in [5.41, 5.74) is 9.10. The monoisotopic (exact) mass is 651 g/mol. The summed E-state index contributed by atoms with van der Waals surface area (Å²) in [6.45, 7) is 0. The van der Waals surface area contributed by atoms with Crippen LogP contribution in [0, 0.1) is 0 Å². The van der Waals surface area contributed by atoms with Crippen molar-refractivity contribution in [3.63, 3.8) is 0 Å². The van der Waals surface area contributed by atoms with Gasteiger partial charge in [0, 0.05) is 27.5 Å². The van der Waals surface area contributed by atoms with Crippen LogP contribution in [0.25, 0.3) is 99.9 Å². The minimum absolute atomic E-state index is 0.611. The van der Waals surface area contributed by atoms with Crippen LogP contribution >= 0.6 is 0 Å². The summed E-state index contributed by atoms with van der Waals surface area (Å²) in [4.78, 5) is 15.1. The van der Waals surface area contributed by atoms with Crippen LogP contribution in [-0.2, 0) is 0 Å². The lowest BCUT2D eigenvalue weighted by Gasteiger charge is -2.10. The maximum atomic E-state index is 6.42. The van der Waals surface area contributed by atoms with E-state index in [4.69, 9.17) is 19.4 Å². The Morgan fingerprint density at radius 2 is 0.882 bits per heavy atom. The lowest BCUT2D eigenvalue weighted by atomic mass is 9.94. The Hall–Kier alpha value is -6.91. The number of fused-ring (bicyclic) bond motifs is 5. The number of hydrogen-bond acceptors (Lipinski definition) is 4. The van der Waals surface area contributed by atoms with E-state index in [0.717, 1.165) is 55.1 Å². The van der Waals surface area contributed by atoms with Gasteiger partial charge in [-0.25, -0.2) is 15.0 Å². The number of rotatable bonds is 5. The van der Waals surface area contributed by atoms with Crippen molar-refractivity contribution in [2.45, 2.75) is 0 Å². The third-order valence-corrected chi connectivity index (χ3v) is 9.72. The van der Waals surface area contributed by atoms with Crippen LogP contribution in [0.15, 0.2) is 180 Å². The van der Waals surface area contributed by atoms with Gasteiger partial charge in [0.2, 0.25) is 0 Å². The predicted octanol–water partition coefficient (Wildman–Crippen LogP) is 12.4. The molecule has 0 amide bonds. The maximum Gasteiger partial charge on any atom is 0.164 e. The average molecular weight is 652 g/mol. The zero-order chi connectivity index (χ0) is 33.7. The Kier molecular flexibility index (Phi) is 6.78. The first-order valence-corrected chi connectivity index (χ1v) is 17.1. The van der Waals surface area contributed by atoms with E-state index in [0.29, 0.717) is 17.5 Å². The van der Waals surface area contributed by atoms with Crippen molar-refractivity contribution in [1.29, 1.82) is 0 Å². The Labute approximate surface area is 294 Å². The van der Waals surface area contributed by atoms with Gasteiger partial charge >= 0.3 is 0 Å². The van der Waals surface area contributed by atoms with Crippen LogP contribution in [0.3, 0.4) is 0 Å². The van der Waals surface area contributed by atoms with Gasteiger partial charge in [0.15, 0.2) is 17.5 Å². The van der Waals surface area contributed by atoms with Crippen LogP contribution in [0.5, 0.6) is 0 Å². The summed E-state index contributed by atoms with van der Waals surface area (Å²) in [6.07, 6.45) is 0. The highest BCUT2D eigenvalue weighted by molar-refractivity contribution is 6.13. The second kappa shape index (κ2) is 11.9. The summed E-state index contributed by atoms with van der Waals surface area (Å²) < 4.78 is 6.42. The first kappa shape index (κ1) is 29.0. The van der Waals surface area contributed by atoms with Crippen molar-refractivity contribution in [3.05, 3.63) is 176 Å². The molecule has 0 atom stereocenters. The fraction of sp³-hybridized carbons (Fsp3) is 0. The lowest BCUT2D eigenvalue weighted by molar-refractivity contribution is 0.669. The van der Waals surface area contributed by atoms with E-state index in [-0.39, 0.29) is 0 Å². The molecule has 4 nitrogen and oxygen atoms in total. The van der Waals surface area contributed by atoms with Gasteiger partial charge in [-0.1, -0.05) is 146 Å². The molecule has 8 aromatic carbocycles. The predicted molar refractivity (Wildman–Crippen MR) is 209 cm³/mol. The lowest BCUT2D eigenvalue weighted by Crippen LogP contribution is -2.00. The highest BCUT2D eigenvalue weighted by atomic mass is 16.3. The van der Waals surface area contributed by atoms with Crippen molar-refractivity contribution in [3.8, 4) is 56.4 Å². The van der Waals surface area contributed by atoms with Gasteiger partial charge in [0.05, 0.1) is 0 Å². The molecule has 0 fully saturated rings. The van der Waals surface area contributed by atoms with E-state index in [2.05, 4.69) is 127 Å². The molecule has 0 aliphatic carbocycles. The number of hydrogen-bond donors (Lipinski definition) is 0. The summed E-state index contributed by atoms with van der Waals surface area (Å²) in [5, 5.41) is 6.89. The Morgan fingerprint density at radius 3 is 1.69 bits per heavy atom. The largest absolute Gasteiger partial charge is 0.456 e. The van der Waals surface area contributed by atoms with E-state index in [1.165, 1.54) is 27.3 Å². The molecule has 2 aromatic heterocycles. The van der Waals surface area contributed by atoms with Crippen molar-refractivity contribution in [2.24, 2.45) is 0 Å². The standard InChI is InChI=1S/C47H29N3O/c1-2-12-34(13-3-1)45-48-46(36-25-20-30-10-4-5-14-35(30)28-36)50-47(49-45)37-26-27-42-41(29-37)44-40(18-9-19-43(44)51-42)33-23-21-32(22-24-33)39-17-8-15-31-11-6-7-16-38(31)39/h1-29H. The van der Waals surface area contributed by atoms with Crippen LogP contribution in [-0.4, -0.2) is 15.0 Å². The smallest absolute Gasteiger partial charge is 0.164 e. The van der Waals surface area contributed by atoms with Gasteiger partial charge in [-0.2, -0.15) is 0 Å². The maximum absolute atomic E-state index is 6.42. The van der Waals surface area contributed by atoms with Gasteiger partial charge < -0.3 is 4.42 Å². The minimum Gasteiger partial charge on any atom is -0.456 e. The quantitative estimate of drug-likeness (QED) is 0.186. The van der Waals surface area contributed by atoms with Crippen molar-refractivity contribution < 1.29 is 4.42 Å². The molecule has 10 rings (SSSR count). The van der Waals surface area contributed by atoms with Crippen LogP contribution in [0.1, 0.15) is 0 Å². The highest BCUT2D eigenvalue weighted by Gasteiger charge is 2.17. The van der Waals surface area contributed by atoms with Crippen molar-refractivity contribution >= 4 is 43.5 Å². The summed E-state index contributed by atoms with van der Waals surface area (Å²) in [7, 11) is 0. The fourth-order valence-electron chi connectivity index (χ4n) is 7.19. The number of benzene rings is 8. The van der Waals surface area contributed by atoms with E-state index >= 15 is 0 Å². The molecule has 4 heteroatoms. The number of nitrogens with zero attached hydrogens (tertiary/aromatic N) is 3. The molecule has 0 saturated carbocycles. The second-order valence-electron chi connectivity index (χ2n) is 12.8. The van der Waals surface area contributed by atoms with Gasteiger partial charge in [-0.3, -0.25) is 0 Å². The number of furan rings is 1. The molecule has 10 aromatic rings. The van der Waals surface area contributed by atoms with E-state index in [9.17, 15) is 0 Å². The molecular weight excluding hydrogens is 623 g/mol. The first-order valence-electron chi connectivity index (χ1n) is 17.1. The Bertz CT molecular complexity index is 2900. The number of aromatic nitrogens is 3. The third kappa shape index (κ3) is 5.13. The minimum atomic E-state index is 0.611. The van der Waals surface area contributed by atoms with Gasteiger partial charge in [-0.05, 0) is 74.1 Å². The average Bonchev–Trinajstić information content (AvgIpc) is 3.59. The van der Waals surface area contributed by atoms with E-state index in [1.54, 1.807) is 0 Å². The molecule has 0 N–H and O–H groups in total. The molecule has 238 valence electrons. The molecule has 0 bridgehead atoms. The fourth-order valence-corrected chi connectivity index (χ4v) is 7.19. The van der Waals surface area contributed by atoms with Crippen molar-refractivity contribution in [1.82, 2.24) is 15.0 Å².